The SMILES string of the molecule is Nc1ccc2c(c1)CCC(=O)N2C1(C23CC2C3)CCCC1. The van der Waals surface area contributed by atoms with Gasteiger partial charge in [0.2, 0.25) is 5.91 Å². The summed E-state index contributed by atoms with van der Waals surface area (Å²) in [5.74, 6) is 1.27. The quantitative estimate of drug-likeness (QED) is 0.846. The summed E-state index contributed by atoms with van der Waals surface area (Å²) in [6.45, 7) is 0. The van der Waals surface area contributed by atoms with Crippen molar-refractivity contribution in [3.63, 3.8) is 0 Å². The second-order valence-electron chi connectivity index (χ2n) is 7.62. The van der Waals surface area contributed by atoms with Gasteiger partial charge in [-0.2, -0.15) is 0 Å². The van der Waals surface area contributed by atoms with Gasteiger partial charge < -0.3 is 10.6 Å². The smallest absolute Gasteiger partial charge is 0.227 e. The van der Waals surface area contributed by atoms with Crippen molar-refractivity contribution in [2.75, 3.05) is 10.6 Å². The van der Waals surface area contributed by atoms with Crippen molar-refractivity contribution in [2.45, 2.75) is 56.9 Å². The van der Waals surface area contributed by atoms with Gasteiger partial charge in [-0.15, -0.1) is 0 Å². The van der Waals surface area contributed by atoms with Gasteiger partial charge in [-0.1, -0.05) is 12.8 Å². The minimum Gasteiger partial charge on any atom is -0.399 e. The van der Waals surface area contributed by atoms with Crippen LogP contribution in [0.15, 0.2) is 18.2 Å². The maximum absolute atomic E-state index is 12.8. The highest BCUT2D eigenvalue weighted by molar-refractivity contribution is 5.98. The number of nitrogens with two attached hydrogens (primary N) is 1. The molecule has 1 amide bonds. The third kappa shape index (κ3) is 1.37. The third-order valence-corrected chi connectivity index (χ3v) is 6.67. The van der Waals surface area contributed by atoms with E-state index in [1.807, 2.05) is 6.07 Å². The Hall–Kier alpha value is -1.51. The summed E-state index contributed by atoms with van der Waals surface area (Å²) in [4.78, 5) is 15.1. The molecule has 1 aromatic rings. The first kappa shape index (κ1) is 12.1. The zero-order valence-electron chi connectivity index (χ0n) is 12.4. The number of anilines is 2. The first-order valence-electron chi connectivity index (χ1n) is 8.38. The summed E-state index contributed by atoms with van der Waals surface area (Å²) in [7, 11) is 0. The third-order valence-electron chi connectivity index (χ3n) is 6.67. The molecule has 0 bridgehead atoms. The number of hydrogen-bond acceptors (Lipinski definition) is 2. The lowest BCUT2D eigenvalue weighted by Gasteiger charge is -2.47. The molecular weight excluding hydrogens is 260 g/mol. The van der Waals surface area contributed by atoms with Gasteiger partial charge in [-0.05, 0) is 67.2 Å². The number of rotatable bonds is 2. The molecule has 1 heterocycles. The molecule has 0 aromatic heterocycles. The molecule has 0 unspecified atom stereocenters. The number of aryl methyl sites for hydroxylation is 1. The molecule has 0 saturated heterocycles. The van der Waals surface area contributed by atoms with Gasteiger partial charge in [-0.25, -0.2) is 0 Å². The molecule has 2 N–H and O–H groups in total. The standard InChI is InChI=1S/C18H22N2O/c19-14-4-5-15-12(9-14)3-6-16(21)20(15)18(7-1-2-8-18)17-10-13(17)11-17/h4-5,9,13H,1-3,6-8,10-11,19H2. The first-order chi connectivity index (χ1) is 10.2. The van der Waals surface area contributed by atoms with E-state index in [4.69, 9.17) is 5.73 Å². The Bertz CT molecular complexity index is 639. The highest BCUT2D eigenvalue weighted by Gasteiger charge is 2.80. The molecule has 0 radical (unpaired) electrons. The molecule has 3 fully saturated rings. The number of fused-ring (bicyclic) bond motifs is 2. The number of hydrogen-bond donors (Lipinski definition) is 1. The highest BCUT2D eigenvalue weighted by atomic mass is 16.2. The number of benzene rings is 1. The minimum absolute atomic E-state index is 0.139. The van der Waals surface area contributed by atoms with Gasteiger partial charge in [0.25, 0.3) is 0 Å². The Morgan fingerprint density at radius 2 is 1.86 bits per heavy atom. The molecule has 110 valence electrons. The van der Waals surface area contributed by atoms with Crippen molar-refractivity contribution < 1.29 is 4.79 Å². The van der Waals surface area contributed by atoms with Crippen LogP contribution in [0.5, 0.6) is 0 Å². The van der Waals surface area contributed by atoms with Crippen LogP contribution in [0.4, 0.5) is 11.4 Å². The highest BCUT2D eigenvalue weighted by Crippen LogP contribution is 2.83. The van der Waals surface area contributed by atoms with Crippen molar-refractivity contribution in [3.05, 3.63) is 23.8 Å². The maximum Gasteiger partial charge on any atom is 0.227 e. The largest absolute Gasteiger partial charge is 0.399 e. The molecule has 5 rings (SSSR count). The molecule has 0 atom stereocenters. The average Bonchev–Trinajstić information content (AvgIpc) is 3.28. The summed E-state index contributed by atoms with van der Waals surface area (Å²) < 4.78 is 0. The zero-order valence-corrected chi connectivity index (χ0v) is 12.4. The van der Waals surface area contributed by atoms with E-state index in [1.54, 1.807) is 0 Å². The number of nitrogens with zero attached hydrogens (tertiary/aromatic N) is 1. The van der Waals surface area contributed by atoms with E-state index >= 15 is 0 Å². The number of carbonyl (C=O) groups is 1. The average molecular weight is 282 g/mol. The molecule has 21 heavy (non-hydrogen) atoms. The molecule has 3 heteroatoms. The molecule has 3 saturated carbocycles. The summed E-state index contributed by atoms with van der Waals surface area (Å²) >= 11 is 0. The van der Waals surface area contributed by atoms with E-state index in [2.05, 4.69) is 17.0 Å². The van der Waals surface area contributed by atoms with Crippen LogP contribution in [0, 0.1) is 11.3 Å². The van der Waals surface area contributed by atoms with Crippen molar-refractivity contribution >= 4 is 17.3 Å². The van der Waals surface area contributed by atoms with Crippen LogP contribution in [0.1, 0.15) is 50.5 Å². The minimum atomic E-state index is 0.139. The normalized spacial score (nSPS) is 35.3. The summed E-state index contributed by atoms with van der Waals surface area (Å²) in [5, 5.41) is 0. The summed E-state index contributed by atoms with van der Waals surface area (Å²) in [5.41, 5.74) is 9.84. The van der Waals surface area contributed by atoms with E-state index in [1.165, 1.54) is 44.1 Å². The topological polar surface area (TPSA) is 46.3 Å². The van der Waals surface area contributed by atoms with Crippen LogP contribution in [0.2, 0.25) is 0 Å². The lowest BCUT2D eigenvalue weighted by molar-refractivity contribution is -0.120. The summed E-state index contributed by atoms with van der Waals surface area (Å²) in [6.07, 6.45) is 9.20. The first-order valence-corrected chi connectivity index (χ1v) is 8.38. The van der Waals surface area contributed by atoms with Gasteiger partial charge in [-0.3, -0.25) is 4.79 Å². The Labute approximate surface area is 125 Å². The molecule has 1 aliphatic heterocycles. The fourth-order valence-electron chi connectivity index (χ4n) is 5.35. The Morgan fingerprint density at radius 3 is 2.52 bits per heavy atom. The number of amides is 1. The molecule has 3 aliphatic carbocycles. The van der Waals surface area contributed by atoms with Crippen LogP contribution in [-0.4, -0.2) is 11.4 Å². The van der Waals surface area contributed by atoms with Crippen LogP contribution < -0.4 is 10.6 Å². The van der Waals surface area contributed by atoms with Crippen LogP contribution in [0.25, 0.3) is 0 Å². The monoisotopic (exact) mass is 282 g/mol. The Kier molecular flexibility index (Phi) is 2.09. The van der Waals surface area contributed by atoms with E-state index in [-0.39, 0.29) is 5.54 Å². The molecule has 4 aliphatic rings. The van der Waals surface area contributed by atoms with Gasteiger partial charge >= 0.3 is 0 Å². The Balaban J connectivity index is 1.66. The van der Waals surface area contributed by atoms with Crippen molar-refractivity contribution in [2.24, 2.45) is 11.3 Å². The molecule has 3 nitrogen and oxygen atoms in total. The predicted octanol–water partition coefficient (Wildman–Crippen LogP) is 3.27. The fourth-order valence-corrected chi connectivity index (χ4v) is 5.35. The van der Waals surface area contributed by atoms with E-state index < -0.39 is 0 Å². The van der Waals surface area contributed by atoms with E-state index in [0.717, 1.165) is 23.7 Å². The van der Waals surface area contributed by atoms with Crippen LogP contribution >= 0.6 is 0 Å². The second kappa shape index (κ2) is 3.63. The van der Waals surface area contributed by atoms with E-state index in [9.17, 15) is 4.79 Å². The van der Waals surface area contributed by atoms with Crippen molar-refractivity contribution in [3.8, 4) is 0 Å². The van der Waals surface area contributed by atoms with Gasteiger partial charge in [0, 0.05) is 17.8 Å². The number of nitrogen functional groups attached to an aromatic ring is 1. The molecule has 0 spiro atoms. The van der Waals surface area contributed by atoms with Gasteiger partial charge in [0.1, 0.15) is 0 Å². The molecular formula is C18H22N2O. The lowest BCUT2D eigenvalue weighted by atomic mass is 9.80. The van der Waals surface area contributed by atoms with Crippen molar-refractivity contribution in [1.29, 1.82) is 0 Å². The van der Waals surface area contributed by atoms with Crippen LogP contribution in [0.3, 0.4) is 0 Å². The van der Waals surface area contributed by atoms with Crippen LogP contribution in [-0.2, 0) is 11.2 Å². The lowest BCUT2D eigenvalue weighted by Crippen LogP contribution is -2.55. The zero-order chi connectivity index (χ0) is 14.2. The van der Waals surface area contributed by atoms with E-state index in [0.29, 0.717) is 17.7 Å². The van der Waals surface area contributed by atoms with Crippen molar-refractivity contribution in [1.82, 2.24) is 0 Å². The maximum atomic E-state index is 12.8. The Morgan fingerprint density at radius 1 is 1.14 bits per heavy atom. The van der Waals surface area contributed by atoms with Gasteiger partial charge in [0.15, 0.2) is 0 Å². The second-order valence-corrected chi connectivity index (χ2v) is 7.62. The predicted molar refractivity (Wildman–Crippen MR) is 83.0 cm³/mol. The fraction of sp³-hybridized carbons (Fsp3) is 0.611. The summed E-state index contributed by atoms with van der Waals surface area (Å²) in [6, 6.07) is 6.13. The van der Waals surface area contributed by atoms with Gasteiger partial charge in [0.05, 0.1) is 5.54 Å². The molecule has 1 aromatic carbocycles. The number of carbonyl (C=O) groups excluding carboxylic acids is 1.